The van der Waals surface area contributed by atoms with Crippen LogP contribution in [0, 0.1) is 5.82 Å². The van der Waals surface area contributed by atoms with Crippen molar-refractivity contribution < 1.29 is 13.9 Å². The molecule has 2 aromatic rings. The van der Waals surface area contributed by atoms with Gasteiger partial charge in [-0.1, -0.05) is 18.2 Å². The van der Waals surface area contributed by atoms with E-state index in [-0.39, 0.29) is 5.82 Å². The van der Waals surface area contributed by atoms with Gasteiger partial charge in [0.2, 0.25) is 0 Å². The van der Waals surface area contributed by atoms with Crippen LogP contribution in [0.15, 0.2) is 42.5 Å². The van der Waals surface area contributed by atoms with E-state index < -0.39 is 0 Å². The van der Waals surface area contributed by atoms with E-state index in [0.717, 1.165) is 35.6 Å². The first-order valence-corrected chi connectivity index (χ1v) is 6.89. The Kier molecular flexibility index (Phi) is 5.58. The zero-order valence-corrected chi connectivity index (χ0v) is 12.4. The first-order chi connectivity index (χ1) is 10.2. The maximum absolute atomic E-state index is 13.1. The number of benzene rings is 2. The SMILES string of the molecule is COc1ccc(CNCCc2cccc(F)c2)c(OC)c1. The molecule has 0 aliphatic heterocycles. The van der Waals surface area contributed by atoms with E-state index in [1.807, 2.05) is 24.3 Å². The van der Waals surface area contributed by atoms with Gasteiger partial charge < -0.3 is 14.8 Å². The summed E-state index contributed by atoms with van der Waals surface area (Å²) in [5, 5.41) is 3.34. The van der Waals surface area contributed by atoms with E-state index >= 15 is 0 Å². The number of halogens is 1. The van der Waals surface area contributed by atoms with Crippen molar-refractivity contribution in [2.24, 2.45) is 0 Å². The Morgan fingerprint density at radius 2 is 1.90 bits per heavy atom. The molecule has 0 aromatic heterocycles. The van der Waals surface area contributed by atoms with Crippen molar-refractivity contribution in [1.82, 2.24) is 5.32 Å². The molecule has 0 heterocycles. The molecule has 0 aliphatic rings. The third-order valence-electron chi connectivity index (χ3n) is 3.29. The third kappa shape index (κ3) is 4.46. The number of rotatable bonds is 7. The molecule has 3 nitrogen and oxygen atoms in total. The summed E-state index contributed by atoms with van der Waals surface area (Å²) in [5.41, 5.74) is 2.06. The van der Waals surface area contributed by atoms with Crippen molar-refractivity contribution >= 4 is 0 Å². The maximum atomic E-state index is 13.1. The highest BCUT2D eigenvalue weighted by molar-refractivity contribution is 5.40. The molecule has 0 saturated heterocycles. The van der Waals surface area contributed by atoms with E-state index in [0.29, 0.717) is 6.54 Å². The number of hydrogen-bond acceptors (Lipinski definition) is 3. The minimum absolute atomic E-state index is 0.190. The van der Waals surface area contributed by atoms with Gasteiger partial charge in [0.15, 0.2) is 0 Å². The normalized spacial score (nSPS) is 10.4. The first-order valence-electron chi connectivity index (χ1n) is 6.89. The van der Waals surface area contributed by atoms with Crippen molar-refractivity contribution in [3.8, 4) is 11.5 Å². The zero-order valence-electron chi connectivity index (χ0n) is 12.4. The maximum Gasteiger partial charge on any atom is 0.127 e. The molecule has 0 fully saturated rings. The van der Waals surface area contributed by atoms with Crippen molar-refractivity contribution in [2.45, 2.75) is 13.0 Å². The van der Waals surface area contributed by atoms with Gasteiger partial charge in [0.25, 0.3) is 0 Å². The molecule has 4 heteroatoms. The summed E-state index contributed by atoms with van der Waals surface area (Å²) >= 11 is 0. The molecule has 1 N–H and O–H groups in total. The van der Waals surface area contributed by atoms with E-state index in [1.165, 1.54) is 6.07 Å². The van der Waals surface area contributed by atoms with E-state index in [1.54, 1.807) is 26.4 Å². The molecule has 112 valence electrons. The van der Waals surface area contributed by atoms with Gasteiger partial charge in [-0.3, -0.25) is 0 Å². The molecule has 0 saturated carbocycles. The summed E-state index contributed by atoms with van der Waals surface area (Å²) in [6.45, 7) is 1.47. The van der Waals surface area contributed by atoms with Crippen LogP contribution in [0.2, 0.25) is 0 Å². The molecule has 0 spiro atoms. The van der Waals surface area contributed by atoms with E-state index in [2.05, 4.69) is 5.32 Å². The lowest BCUT2D eigenvalue weighted by Gasteiger charge is -2.11. The second kappa shape index (κ2) is 7.64. The summed E-state index contributed by atoms with van der Waals surface area (Å²) in [5.74, 6) is 1.38. The van der Waals surface area contributed by atoms with E-state index in [4.69, 9.17) is 9.47 Å². The summed E-state index contributed by atoms with van der Waals surface area (Å²) in [7, 11) is 3.27. The highest BCUT2D eigenvalue weighted by atomic mass is 19.1. The molecule has 0 aliphatic carbocycles. The molecule has 0 amide bonds. The smallest absolute Gasteiger partial charge is 0.127 e. The number of hydrogen-bond donors (Lipinski definition) is 1. The highest BCUT2D eigenvalue weighted by Gasteiger charge is 2.04. The Hall–Kier alpha value is -2.07. The third-order valence-corrected chi connectivity index (χ3v) is 3.29. The Labute approximate surface area is 124 Å². The predicted octanol–water partition coefficient (Wildman–Crippen LogP) is 3.18. The molecule has 0 bridgehead atoms. The zero-order chi connectivity index (χ0) is 15.1. The van der Waals surface area contributed by atoms with Crippen LogP contribution in [0.1, 0.15) is 11.1 Å². The van der Waals surface area contributed by atoms with Gasteiger partial charge in [-0.25, -0.2) is 4.39 Å². The Morgan fingerprint density at radius 3 is 2.62 bits per heavy atom. The molecule has 2 rings (SSSR count). The number of nitrogens with one attached hydrogen (secondary N) is 1. The average molecular weight is 289 g/mol. The van der Waals surface area contributed by atoms with Gasteiger partial charge in [-0.15, -0.1) is 0 Å². The molecule has 0 radical (unpaired) electrons. The standard InChI is InChI=1S/C17H20FNO2/c1-20-16-7-6-14(17(11-16)21-2)12-19-9-8-13-4-3-5-15(18)10-13/h3-7,10-11,19H,8-9,12H2,1-2H3. The molecule has 2 aromatic carbocycles. The minimum atomic E-state index is -0.190. The second-order valence-electron chi connectivity index (χ2n) is 4.73. The first kappa shape index (κ1) is 15.3. The summed E-state index contributed by atoms with van der Waals surface area (Å²) in [6.07, 6.45) is 0.788. The highest BCUT2D eigenvalue weighted by Crippen LogP contribution is 2.24. The van der Waals surface area contributed by atoms with Gasteiger partial charge in [0, 0.05) is 18.2 Å². The summed E-state index contributed by atoms with van der Waals surface area (Å²) in [4.78, 5) is 0. The van der Waals surface area contributed by atoms with Crippen LogP contribution in [0.25, 0.3) is 0 Å². The van der Waals surface area contributed by atoms with Gasteiger partial charge in [-0.05, 0) is 36.7 Å². The van der Waals surface area contributed by atoms with Crippen LogP contribution in [0.3, 0.4) is 0 Å². The molecule has 0 atom stereocenters. The topological polar surface area (TPSA) is 30.5 Å². The van der Waals surface area contributed by atoms with Crippen LogP contribution < -0.4 is 14.8 Å². The molecule has 0 unspecified atom stereocenters. The number of methoxy groups -OCH3 is 2. The van der Waals surface area contributed by atoms with Gasteiger partial charge in [0.05, 0.1) is 14.2 Å². The van der Waals surface area contributed by atoms with Gasteiger partial charge in [-0.2, -0.15) is 0 Å². The second-order valence-corrected chi connectivity index (χ2v) is 4.73. The molecular weight excluding hydrogens is 269 g/mol. The van der Waals surface area contributed by atoms with Crippen molar-refractivity contribution in [3.05, 3.63) is 59.4 Å². The van der Waals surface area contributed by atoms with Crippen molar-refractivity contribution in [2.75, 3.05) is 20.8 Å². The Bertz CT molecular complexity index is 587. The fourth-order valence-electron chi connectivity index (χ4n) is 2.15. The quantitative estimate of drug-likeness (QED) is 0.794. The average Bonchev–Trinajstić information content (AvgIpc) is 2.51. The summed E-state index contributed by atoms with van der Waals surface area (Å²) < 4.78 is 23.6. The fraction of sp³-hybridized carbons (Fsp3) is 0.294. The van der Waals surface area contributed by atoms with Crippen LogP contribution >= 0.6 is 0 Å². The Balaban J connectivity index is 1.86. The molecular formula is C17H20FNO2. The van der Waals surface area contributed by atoms with Gasteiger partial charge >= 0.3 is 0 Å². The predicted molar refractivity (Wildman–Crippen MR) is 81.4 cm³/mol. The lowest BCUT2D eigenvalue weighted by atomic mass is 10.1. The van der Waals surface area contributed by atoms with Crippen LogP contribution in [-0.2, 0) is 13.0 Å². The van der Waals surface area contributed by atoms with Crippen LogP contribution in [-0.4, -0.2) is 20.8 Å². The summed E-state index contributed by atoms with van der Waals surface area (Å²) in [6, 6.07) is 12.4. The van der Waals surface area contributed by atoms with E-state index in [9.17, 15) is 4.39 Å². The minimum Gasteiger partial charge on any atom is -0.497 e. The van der Waals surface area contributed by atoms with Crippen molar-refractivity contribution in [3.63, 3.8) is 0 Å². The monoisotopic (exact) mass is 289 g/mol. The Morgan fingerprint density at radius 1 is 1.05 bits per heavy atom. The molecule has 21 heavy (non-hydrogen) atoms. The van der Waals surface area contributed by atoms with Crippen LogP contribution in [0.5, 0.6) is 11.5 Å². The lowest BCUT2D eigenvalue weighted by Crippen LogP contribution is -2.17. The largest absolute Gasteiger partial charge is 0.497 e. The lowest BCUT2D eigenvalue weighted by molar-refractivity contribution is 0.390. The fourth-order valence-corrected chi connectivity index (χ4v) is 2.15. The van der Waals surface area contributed by atoms with Gasteiger partial charge in [0.1, 0.15) is 17.3 Å². The number of ether oxygens (including phenoxy) is 2. The van der Waals surface area contributed by atoms with Crippen LogP contribution in [0.4, 0.5) is 4.39 Å². The van der Waals surface area contributed by atoms with Crippen molar-refractivity contribution in [1.29, 1.82) is 0 Å².